The molecule has 100 valence electrons. The molecule has 4 nitrogen and oxygen atoms in total. The highest BCUT2D eigenvalue weighted by atomic mass is 32.3. The van der Waals surface area contributed by atoms with Gasteiger partial charge in [0.05, 0.1) is 6.10 Å². The molecule has 2 rings (SSSR count). The topological polar surface area (TPSA) is 52.6 Å². The van der Waals surface area contributed by atoms with Gasteiger partial charge in [0.15, 0.2) is 0 Å². The zero-order chi connectivity index (χ0) is 13.0. The van der Waals surface area contributed by atoms with Crippen LogP contribution >= 0.6 is 0 Å². The summed E-state index contributed by atoms with van der Waals surface area (Å²) in [4.78, 5) is 0. The maximum atomic E-state index is 13.1. The fraction of sp³-hybridized carbons (Fsp3) is 0.500. The van der Waals surface area contributed by atoms with Gasteiger partial charge >= 0.3 is 10.4 Å². The largest absolute Gasteiger partial charge is 0.449 e. The first-order valence-corrected chi connectivity index (χ1v) is 7.20. The maximum absolute atomic E-state index is 13.1. The molecule has 0 aromatic heterocycles. The van der Waals surface area contributed by atoms with E-state index in [1.165, 1.54) is 12.1 Å². The average molecular weight is 274 g/mol. The van der Waals surface area contributed by atoms with Crippen molar-refractivity contribution >= 4 is 10.4 Å². The number of para-hydroxylation sites is 1. The maximum Gasteiger partial charge on any atom is 0.449 e. The summed E-state index contributed by atoms with van der Waals surface area (Å²) in [6.45, 7) is 0. The van der Waals surface area contributed by atoms with E-state index in [4.69, 9.17) is 8.37 Å². The van der Waals surface area contributed by atoms with Crippen LogP contribution in [-0.4, -0.2) is 20.7 Å². The van der Waals surface area contributed by atoms with Crippen LogP contribution in [0.5, 0.6) is 5.75 Å². The lowest BCUT2D eigenvalue weighted by molar-refractivity contribution is 0.0983. The monoisotopic (exact) mass is 274 g/mol. The highest BCUT2D eigenvalue weighted by Gasteiger charge is 2.27. The van der Waals surface area contributed by atoms with Crippen LogP contribution in [0.3, 0.4) is 0 Å². The fourth-order valence-electron chi connectivity index (χ4n) is 1.96. The summed E-state index contributed by atoms with van der Waals surface area (Å²) in [5, 5.41) is 0. The van der Waals surface area contributed by atoms with Crippen molar-refractivity contribution in [3.05, 3.63) is 30.3 Å². The Labute approximate surface area is 106 Å². The van der Waals surface area contributed by atoms with Gasteiger partial charge in [-0.05, 0) is 31.4 Å². The molecule has 1 aliphatic rings. The van der Waals surface area contributed by atoms with Crippen LogP contribution in [0.2, 0.25) is 0 Å². The van der Waals surface area contributed by atoms with Gasteiger partial charge in [-0.15, -0.1) is 0 Å². The van der Waals surface area contributed by atoms with Gasteiger partial charge in [-0.3, -0.25) is 0 Å². The molecule has 1 aromatic rings. The van der Waals surface area contributed by atoms with Gasteiger partial charge in [0.2, 0.25) is 0 Å². The van der Waals surface area contributed by atoms with E-state index in [1.54, 1.807) is 18.2 Å². The molecule has 0 bridgehead atoms. The first kappa shape index (κ1) is 13.3. The first-order valence-electron chi connectivity index (χ1n) is 5.87. The first-order chi connectivity index (χ1) is 8.55. The number of rotatable bonds is 4. The molecule has 2 atom stereocenters. The van der Waals surface area contributed by atoms with Gasteiger partial charge in [-0.1, -0.05) is 18.2 Å². The van der Waals surface area contributed by atoms with E-state index < -0.39 is 22.7 Å². The minimum Gasteiger partial charge on any atom is -0.362 e. The molecule has 0 saturated heterocycles. The number of hydrogen-bond acceptors (Lipinski definition) is 4. The Bertz CT molecular complexity index is 474. The van der Waals surface area contributed by atoms with E-state index in [9.17, 15) is 12.8 Å². The molecule has 1 aliphatic carbocycles. The van der Waals surface area contributed by atoms with Crippen molar-refractivity contribution in [3.63, 3.8) is 0 Å². The van der Waals surface area contributed by atoms with Gasteiger partial charge in [-0.2, -0.15) is 8.42 Å². The third-order valence-corrected chi connectivity index (χ3v) is 3.66. The second-order valence-corrected chi connectivity index (χ2v) is 5.46. The average Bonchev–Trinajstić information content (AvgIpc) is 2.28. The van der Waals surface area contributed by atoms with E-state index in [0.717, 1.165) is 0 Å². The van der Waals surface area contributed by atoms with Crippen molar-refractivity contribution in [1.82, 2.24) is 0 Å². The smallest absolute Gasteiger partial charge is 0.362 e. The standard InChI is InChI=1S/C12H15FO4S/c13-10-5-4-8-12(9-10)17-18(14,15)16-11-6-2-1-3-7-11/h1-3,6-7,10,12H,4-5,8-9H2. The minimum absolute atomic E-state index is 0.109. The summed E-state index contributed by atoms with van der Waals surface area (Å²) in [5.74, 6) is 0.185. The second kappa shape index (κ2) is 5.67. The number of alkyl halides is 1. The summed E-state index contributed by atoms with van der Waals surface area (Å²) < 4.78 is 46.0. The summed E-state index contributed by atoms with van der Waals surface area (Å²) >= 11 is 0. The molecule has 18 heavy (non-hydrogen) atoms. The van der Waals surface area contributed by atoms with E-state index in [-0.39, 0.29) is 12.2 Å². The lowest BCUT2D eigenvalue weighted by atomic mass is 9.96. The van der Waals surface area contributed by atoms with Crippen molar-refractivity contribution in [1.29, 1.82) is 0 Å². The van der Waals surface area contributed by atoms with E-state index in [1.807, 2.05) is 0 Å². The molecule has 0 heterocycles. The lowest BCUT2D eigenvalue weighted by Gasteiger charge is -2.23. The summed E-state index contributed by atoms with van der Waals surface area (Å²) in [6.07, 6.45) is 0.138. The van der Waals surface area contributed by atoms with E-state index in [0.29, 0.717) is 19.3 Å². The van der Waals surface area contributed by atoms with Crippen molar-refractivity contribution < 1.29 is 21.2 Å². The SMILES string of the molecule is O=S(=O)(Oc1ccccc1)OC1CCCC(F)C1. The van der Waals surface area contributed by atoms with E-state index >= 15 is 0 Å². The van der Waals surface area contributed by atoms with Crippen LogP contribution in [0, 0.1) is 0 Å². The van der Waals surface area contributed by atoms with Crippen LogP contribution in [0.4, 0.5) is 4.39 Å². The van der Waals surface area contributed by atoms with Crippen molar-refractivity contribution in [2.24, 2.45) is 0 Å². The lowest BCUT2D eigenvalue weighted by Crippen LogP contribution is -2.28. The van der Waals surface area contributed by atoms with Crippen LogP contribution in [0.1, 0.15) is 25.7 Å². The zero-order valence-electron chi connectivity index (χ0n) is 9.79. The predicted octanol–water partition coefficient (Wildman–Crippen LogP) is 2.61. The van der Waals surface area contributed by atoms with Gasteiger partial charge in [0, 0.05) is 6.42 Å². The second-order valence-electron chi connectivity index (χ2n) is 4.29. The molecule has 6 heteroatoms. The van der Waals surface area contributed by atoms with Crippen LogP contribution < -0.4 is 4.18 Å². The Morgan fingerprint density at radius 2 is 1.89 bits per heavy atom. The molecule has 0 spiro atoms. The van der Waals surface area contributed by atoms with Crippen molar-refractivity contribution in [2.45, 2.75) is 38.0 Å². The molecule has 1 saturated carbocycles. The van der Waals surface area contributed by atoms with Crippen LogP contribution in [0.15, 0.2) is 30.3 Å². The molecular weight excluding hydrogens is 259 g/mol. The van der Waals surface area contributed by atoms with Gasteiger partial charge in [0.25, 0.3) is 0 Å². The summed E-state index contributed by atoms with van der Waals surface area (Å²) in [5.41, 5.74) is 0. The predicted molar refractivity (Wildman–Crippen MR) is 64.2 cm³/mol. The molecule has 1 fully saturated rings. The summed E-state index contributed by atoms with van der Waals surface area (Å²) in [7, 11) is -4.12. The zero-order valence-corrected chi connectivity index (χ0v) is 10.6. The summed E-state index contributed by atoms with van der Waals surface area (Å²) in [6, 6.07) is 8.08. The van der Waals surface area contributed by atoms with Gasteiger partial charge in [-0.25, -0.2) is 8.57 Å². The van der Waals surface area contributed by atoms with Crippen molar-refractivity contribution in [2.75, 3.05) is 0 Å². The Morgan fingerprint density at radius 1 is 1.17 bits per heavy atom. The van der Waals surface area contributed by atoms with Crippen LogP contribution in [0.25, 0.3) is 0 Å². The third-order valence-electron chi connectivity index (χ3n) is 2.76. The third kappa shape index (κ3) is 3.96. The molecule has 0 radical (unpaired) electrons. The Hall–Kier alpha value is -1.14. The van der Waals surface area contributed by atoms with Crippen LogP contribution in [-0.2, 0) is 14.6 Å². The van der Waals surface area contributed by atoms with Gasteiger partial charge < -0.3 is 4.18 Å². The van der Waals surface area contributed by atoms with Gasteiger partial charge in [0.1, 0.15) is 11.9 Å². The van der Waals surface area contributed by atoms with Crippen molar-refractivity contribution in [3.8, 4) is 5.75 Å². The molecule has 0 aliphatic heterocycles. The van der Waals surface area contributed by atoms with E-state index in [2.05, 4.69) is 0 Å². The normalized spacial score (nSPS) is 24.7. The molecule has 2 unspecified atom stereocenters. The molecule has 1 aromatic carbocycles. The Kier molecular flexibility index (Phi) is 4.19. The highest BCUT2D eigenvalue weighted by molar-refractivity contribution is 7.82. The fourth-order valence-corrected chi connectivity index (χ4v) is 2.85. The quantitative estimate of drug-likeness (QED) is 0.847. The highest BCUT2D eigenvalue weighted by Crippen LogP contribution is 2.25. The minimum atomic E-state index is -4.12. The Balaban J connectivity index is 1.95. The molecule has 0 amide bonds. The number of hydrogen-bond donors (Lipinski definition) is 0. The molecule has 0 N–H and O–H groups in total. The molecular formula is C12H15FO4S. The number of benzene rings is 1. The Morgan fingerprint density at radius 3 is 2.56 bits per heavy atom. The number of halogens is 1.